The van der Waals surface area contributed by atoms with Crippen LogP contribution in [0.5, 0.6) is 0 Å². The molecule has 0 heterocycles. The number of aliphatic hydroxyl groups is 1. The number of nitrogens with one attached hydrogen (secondary N) is 1. The second-order valence-electron chi connectivity index (χ2n) is 4.28. The standard InChI is InChI=1S/C14H19NO4S/c1-12-6-7-13(5-3-8-16)14(11-12)15-20(17,18)10-4-9-19-2/h6-7,11,15-16H,4,8-10H2,1-2H3. The molecule has 1 rings (SSSR count). The van der Waals surface area contributed by atoms with Crippen molar-refractivity contribution >= 4 is 15.7 Å². The average molecular weight is 297 g/mol. The predicted octanol–water partition coefficient (Wildman–Crippen LogP) is 1.12. The quantitative estimate of drug-likeness (QED) is 0.609. The van der Waals surface area contributed by atoms with Gasteiger partial charge in [0.2, 0.25) is 10.0 Å². The van der Waals surface area contributed by atoms with Gasteiger partial charge in [-0.1, -0.05) is 17.9 Å². The summed E-state index contributed by atoms with van der Waals surface area (Å²) in [4.78, 5) is 0. The van der Waals surface area contributed by atoms with Crippen molar-refractivity contribution in [3.63, 3.8) is 0 Å². The summed E-state index contributed by atoms with van der Waals surface area (Å²) >= 11 is 0. The Bertz CT molecular complexity index is 599. The minimum atomic E-state index is -3.43. The van der Waals surface area contributed by atoms with Gasteiger partial charge in [0.1, 0.15) is 6.61 Å². The molecule has 0 aliphatic carbocycles. The molecule has 2 N–H and O–H groups in total. The van der Waals surface area contributed by atoms with Gasteiger partial charge in [0.25, 0.3) is 0 Å². The van der Waals surface area contributed by atoms with E-state index in [9.17, 15) is 8.42 Å². The topological polar surface area (TPSA) is 75.6 Å². The molecular weight excluding hydrogens is 278 g/mol. The van der Waals surface area contributed by atoms with Gasteiger partial charge in [0.15, 0.2) is 0 Å². The lowest BCUT2D eigenvalue weighted by atomic mass is 10.1. The molecule has 110 valence electrons. The summed E-state index contributed by atoms with van der Waals surface area (Å²) in [5.74, 6) is 5.23. The van der Waals surface area contributed by atoms with Gasteiger partial charge in [-0.2, -0.15) is 0 Å². The number of anilines is 1. The zero-order valence-electron chi connectivity index (χ0n) is 11.6. The highest BCUT2D eigenvalue weighted by atomic mass is 32.2. The van der Waals surface area contributed by atoms with E-state index >= 15 is 0 Å². The Morgan fingerprint density at radius 3 is 2.80 bits per heavy atom. The summed E-state index contributed by atoms with van der Waals surface area (Å²) in [6, 6.07) is 5.28. The maximum absolute atomic E-state index is 11.9. The first-order valence-corrected chi connectivity index (χ1v) is 7.83. The fraction of sp³-hybridized carbons (Fsp3) is 0.429. The molecular formula is C14H19NO4S. The van der Waals surface area contributed by atoms with Crippen molar-refractivity contribution in [2.45, 2.75) is 13.3 Å². The summed E-state index contributed by atoms with van der Waals surface area (Å²) < 4.78 is 31.3. The van der Waals surface area contributed by atoms with E-state index in [1.165, 1.54) is 7.11 Å². The van der Waals surface area contributed by atoms with Gasteiger partial charge in [-0.05, 0) is 31.0 Å². The minimum absolute atomic E-state index is 0.0123. The first-order valence-electron chi connectivity index (χ1n) is 6.18. The lowest BCUT2D eigenvalue weighted by Gasteiger charge is -2.10. The summed E-state index contributed by atoms with van der Waals surface area (Å²) in [7, 11) is -1.90. The van der Waals surface area contributed by atoms with E-state index in [2.05, 4.69) is 16.6 Å². The van der Waals surface area contributed by atoms with Crippen LogP contribution in [0.4, 0.5) is 5.69 Å². The van der Waals surface area contributed by atoms with Gasteiger partial charge in [0, 0.05) is 19.3 Å². The molecule has 6 heteroatoms. The van der Waals surface area contributed by atoms with Crippen molar-refractivity contribution < 1.29 is 18.3 Å². The number of aryl methyl sites for hydroxylation is 1. The van der Waals surface area contributed by atoms with Gasteiger partial charge in [-0.3, -0.25) is 4.72 Å². The van der Waals surface area contributed by atoms with Gasteiger partial charge in [-0.15, -0.1) is 0 Å². The SMILES string of the molecule is COCCCS(=O)(=O)Nc1cc(C)ccc1C#CCO. The van der Waals surface area contributed by atoms with Gasteiger partial charge in [-0.25, -0.2) is 8.42 Å². The lowest BCUT2D eigenvalue weighted by Crippen LogP contribution is -2.18. The molecule has 5 nitrogen and oxygen atoms in total. The first-order chi connectivity index (χ1) is 9.48. The normalized spacial score (nSPS) is 10.8. The van der Waals surface area contributed by atoms with Crippen LogP contribution in [0.2, 0.25) is 0 Å². The maximum Gasteiger partial charge on any atom is 0.232 e. The molecule has 0 saturated heterocycles. The molecule has 0 saturated carbocycles. The van der Waals surface area contributed by atoms with E-state index in [0.29, 0.717) is 24.3 Å². The van der Waals surface area contributed by atoms with Crippen molar-refractivity contribution in [1.29, 1.82) is 0 Å². The second kappa shape index (κ2) is 7.90. The van der Waals surface area contributed by atoms with Crippen molar-refractivity contribution in [2.75, 3.05) is 30.8 Å². The Morgan fingerprint density at radius 1 is 1.40 bits per heavy atom. The second-order valence-corrected chi connectivity index (χ2v) is 6.12. The third kappa shape index (κ3) is 5.61. The van der Waals surface area contributed by atoms with Crippen LogP contribution in [0.15, 0.2) is 18.2 Å². The largest absolute Gasteiger partial charge is 0.385 e. The number of rotatable bonds is 6. The molecule has 0 aliphatic heterocycles. The first kappa shape index (κ1) is 16.5. The van der Waals surface area contributed by atoms with E-state index in [1.54, 1.807) is 12.1 Å². The molecule has 1 aromatic rings. The predicted molar refractivity (Wildman–Crippen MR) is 79.0 cm³/mol. The zero-order chi connectivity index (χ0) is 15.0. The van der Waals surface area contributed by atoms with Crippen LogP contribution < -0.4 is 4.72 Å². The number of ether oxygens (including phenoxy) is 1. The molecule has 0 radical (unpaired) electrons. The van der Waals surface area contributed by atoms with Crippen molar-refractivity contribution in [1.82, 2.24) is 0 Å². The molecule has 20 heavy (non-hydrogen) atoms. The highest BCUT2D eigenvalue weighted by Gasteiger charge is 2.12. The van der Waals surface area contributed by atoms with Crippen molar-refractivity contribution in [2.24, 2.45) is 0 Å². The molecule has 0 bridgehead atoms. The van der Waals surface area contributed by atoms with Crippen LogP contribution in [0.3, 0.4) is 0 Å². The Morgan fingerprint density at radius 2 is 2.15 bits per heavy atom. The smallest absolute Gasteiger partial charge is 0.232 e. The molecule has 0 aromatic heterocycles. The number of hydrogen-bond acceptors (Lipinski definition) is 4. The molecule has 0 aliphatic rings. The summed E-state index contributed by atoms with van der Waals surface area (Å²) in [6.07, 6.45) is 0.426. The molecule has 0 amide bonds. The van der Waals surface area contributed by atoms with Crippen molar-refractivity contribution in [3.8, 4) is 11.8 Å². The van der Waals surface area contributed by atoms with Gasteiger partial charge < -0.3 is 9.84 Å². The van der Waals surface area contributed by atoms with Crippen LogP contribution in [-0.4, -0.2) is 39.6 Å². The Kier molecular flexibility index (Phi) is 6.52. The van der Waals surface area contributed by atoms with Gasteiger partial charge in [0.05, 0.1) is 11.4 Å². The maximum atomic E-state index is 11.9. The highest BCUT2D eigenvalue weighted by molar-refractivity contribution is 7.92. The third-order valence-electron chi connectivity index (χ3n) is 2.50. The van der Waals surface area contributed by atoms with E-state index in [0.717, 1.165) is 5.56 Å². The minimum Gasteiger partial charge on any atom is -0.385 e. The molecule has 0 unspecified atom stereocenters. The molecule has 0 fully saturated rings. The Labute approximate surface area is 120 Å². The number of methoxy groups -OCH3 is 1. The Hall–Kier alpha value is -1.55. The van der Waals surface area contributed by atoms with Crippen molar-refractivity contribution in [3.05, 3.63) is 29.3 Å². The van der Waals surface area contributed by atoms with E-state index in [-0.39, 0.29) is 12.4 Å². The molecule has 0 spiro atoms. The van der Waals surface area contributed by atoms with Crippen LogP contribution in [-0.2, 0) is 14.8 Å². The van der Waals surface area contributed by atoms with E-state index < -0.39 is 10.0 Å². The molecule has 0 atom stereocenters. The molecule has 1 aromatic carbocycles. The van der Waals surface area contributed by atoms with Gasteiger partial charge >= 0.3 is 0 Å². The number of aliphatic hydroxyl groups excluding tert-OH is 1. The summed E-state index contributed by atoms with van der Waals surface area (Å²) in [5.41, 5.74) is 1.90. The summed E-state index contributed by atoms with van der Waals surface area (Å²) in [5, 5.41) is 8.72. The van der Waals surface area contributed by atoms with E-state index in [1.807, 2.05) is 13.0 Å². The zero-order valence-corrected chi connectivity index (χ0v) is 12.5. The average Bonchev–Trinajstić information content (AvgIpc) is 2.37. The fourth-order valence-electron chi connectivity index (χ4n) is 1.60. The van der Waals surface area contributed by atoms with E-state index in [4.69, 9.17) is 9.84 Å². The summed E-state index contributed by atoms with van der Waals surface area (Å²) in [6.45, 7) is 1.99. The lowest BCUT2D eigenvalue weighted by molar-refractivity contribution is 0.199. The number of hydrogen-bond donors (Lipinski definition) is 2. The van der Waals surface area contributed by atoms with Crippen LogP contribution in [0.25, 0.3) is 0 Å². The third-order valence-corrected chi connectivity index (χ3v) is 3.86. The highest BCUT2D eigenvalue weighted by Crippen LogP contribution is 2.18. The monoisotopic (exact) mass is 297 g/mol. The van der Waals surface area contributed by atoms with Crippen LogP contribution in [0.1, 0.15) is 17.5 Å². The van der Waals surface area contributed by atoms with Crippen LogP contribution in [0, 0.1) is 18.8 Å². The Balaban J connectivity index is 2.92. The number of sulfonamides is 1. The van der Waals surface area contributed by atoms with Crippen LogP contribution >= 0.6 is 0 Å². The number of benzene rings is 1. The fourth-order valence-corrected chi connectivity index (χ4v) is 2.70.